The molecule has 0 spiro atoms. The highest BCUT2D eigenvalue weighted by atomic mass is 16.5. The van der Waals surface area contributed by atoms with Crippen molar-refractivity contribution in [2.45, 2.75) is 19.4 Å². The van der Waals surface area contributed by atoms with Gasteiger partial charge in [0.15, 0.2) is 0 Å². The third-order valence-corrected chi connectivity index (χ3v) is 4.66. The smallest absolute Gasteiger partial charge is 0.266 e. The van der Waals surface area contributed by atoms with Gasteiger partial charge in [-0.1, -0.05) is 0 Å². The molecule has 162 valence electrons. The lowest BCUT2D eigenvalue weighted by Crippen LogP contribution is -2.23. The number of nitrogens with one attached hydrogen (secondary N) is 1. The van der Waals surface area contributed by atoms with E-state index in [0.717, 1.165) is 11.3 Å². The minimum atomic E-state index is -0.213. The van der Waals surface area contributed by atoms with Crippen molar-refractivity contribution in [3.05, 3.63) is 65.0 Å². The fraction of sp³-hybridized carbons (Fsp3) is 0.261. The molecule has 1 heterocycles. The number of rotatable bonds is 9. The molecular weight excluding hydrogens is 398 g/mol. The first-order valence-corrected chi connectivity index (χ1v) is 9.78. The first-order chi connectivity index (χ1) is 15.0. The number of amides is 1. The van der Waals surface area contributed by atoms with Crippen LogP contribution < -0.4 is 25.1 Å². The average Bonchev–Trinajstić information content (AvgIpc) is 2.80. The van der Waals surface area contributed by atoms with E-state index in [2.05, 4.69) is 10.4 Å². The minimum absolute atomic E-state index is 0.172. The predicted octanol–water partition coefficient (Wildman–Crippen LogP) is 3.36. The predicted molar refractivity (Wildman–Crippen MR) is 118 cm³/mol. The molecule has 0 saturated carbocycles. The van der Waals surface area contributed by atoms with Gasteiger partial charge in [0.05, 0.1) is 27.0 Å². The van der Waals surface area contributed by atoms with E-state index < -0.39 is 0 Å². The fourth-order valence-corrected chi connectivity index (χ4v) is 3.02. The van der Waals surface area contributed by atoms with Crippen LogP contribution >= 0.6 is 0 Å². The Bertz CT molecular complexity index is 1070. The highest BCUT2D eigenvalue weighted by molar-refractivity contribution is 5.91. The Morgan fingerprint density at radius 1 is 0.903 bits per heavy atom. The number of aromatic nitrogens is 2. The topological polar surface area (TPSA) is 91.7 Å². The largest absolute Gasteiger partial charge is 0.497 e. The number of anilines is 1. The Balaban J connectivity index is 1.61. The maximum absolute atomic E-state index is 12.3. The molecule has 0 radical (unpaired) electrons. The molecule has 0 saturated heterocycles. The Kier molecular flexibility index (Phi) is 7.26. The lowest BCUT2D eigenvalue weighted by molar-refractivity contribution is -0.116. The van der Waals surface area contributed by atoms with Crippen LogP contribution in [-0.4, -0.2) is 37.0 Å². The van der Waals surface area contributed by atoms with Gasteiger partial charge in [-0.25, -0.2) is 4.68 Å². The molecule has 3 rings (SSSR count). The number of benzene rings is 2. The maximum atomic E-state index is 12.3. The third kappa shape index (κ3) is 5.85. The lowest BCUT2D eigenvalue weighted by Gasteiger charge is -2.10. The number of carbonyl (C=O) groups excluding carboxylic acids is 1. The molecule has 8 heteroatoms. The van der Waals surface area contributed by atoms with Crippen molar-refractivity contribution < 1.29 is 19.0 Å². The molecule has 0 fully saturated rings. The van der Waals surface area contributed by atoms with Gasteiger partial charge in [0.2, 0.25) is 5.91 Å². The van der Waals surface area contributed by atoms with E-state index in [4.69, 9.17) is 14.2 Å². The van der Waals surface area contributed by atoms with Gasteiger partial charge in [-0.3, -0.25) is 9.59 Å². The summed E-state index contributed by atoms with van der Waals surface area (Å²) < 4.78 is 17.0. The Morgan fingerprint density at radius 3 is 2.16 bits per heavy atom. The Morgan fingerprint density at radius 2 is 1.55 bits per heavy atom. The van der Waals surface area contributed by atoms with Gasteiger partial charge in [0.25, 0.3) is 5.56 Å². The van der Waals surface area contributed by atoms with E-state index in [1.54, 1.807) is 45.6 Å². The highest BCUT2D eigenvalue weighted by Gasteiger charge is 2.08. The molecular formula is C23H25N3O5. The summed E-state index contributed by atoms with van der Waals surface area (Å²) in [6, 6.07) is 15.8. The van der Waals surface area contributed by atoms with Gasteiger partial charge in [0, 0.05) is 48.5 Å². The van der Waals surface area contributed by atoms with Crippen molar-refractivity contribution in [1.29, 1.82) is 0 Å². The van der Waals surface area contributed by atoms with Crippen LogP contribution in [0.1, 0.15) is 12.8 Å². The van der Waals surface area contributed by atoms with E-state index >= 15 is 0 Å². The van der Waals surface area contributed by atoms with Gasteiger partial charge in [-0.15, -0.1) is 0 Å². The highest BCUT2D eigenvalue weighted by Crippen LogP contribution is 2.26. The first kappa shape index (κ1) is 21.9. The first-order valence-electron chi connectivity index (χ1n) is 9.78. The third-order valence-electron chi connectivity index (χ3n) is 4.66. The summed E-state index contributed by atoms with van der Waals surface area (Å²) in [7, 11) is 4.70. The average molecular weight is 423 g/mol. The zero-order valence-electron chi connectivity index (χ0n) is 17.8. The van der Waals surface area contributed by atoms with Gasteiger partial charge < -0.3 is 19.5 Å². The molecule has 2 aromatic carbocycles. The molecule has 0 aliphatic carbocycles. The van der Waals surface area contributed by atoms with Crippen LogP contribution in [-0.2, 0) is 11.3 Å². The molecule has 3 aromatic rings. The molecule has 0 aliphatic heterocycles. The summed E-state index contributed by atoms with van der Waals surface area (Å²) in [6.07, 6.45) is 0.701. The zero-order chi connectivity index (χ0) is 22.2. The molecule has 8 nitrogen and oxygen atoms in total. The lowest BCUT2D eigenvalue weighted by atomic mass is 10.1. The second-order valence-corrected chi connectivity index (χ2v) is 6.76. The van der Waals surface area contributed by atoms with Crippen LogP contribution in [0.3, 0.4) is 0 Å². The molecule has 0 aliphatic rings. The second-order valence-electron chi connectivity index (χ2n) is 6.76. The van der Waals surface area contributed by atoms with Crippen LogP contribution in [0, 0.1) is 0 Å². The molecule has 1 amide bonds. The van der Waals surface area contributed by atoms with Gasteiger partial charge in [0.1, 0.15) is 17.2 Å². The number of methoxy groups -OCH3 is 3. The van der Waals surface area contributed by atoms with Crippen molar-refractivity contribution in [1.82, 2.24) is 9.78 Å². The van der Waals surface area contributed by atoms with E-state index in [9.17, 15) is 9.59 Å². The Hall–Kier alpha value is -3.81. The molecule has 0 unspecified atom stereocenters. The van der Waals surface area contributed by atoms with Crippen LogP contribution in [0.15, 0.2) is 59.4 Å². The molecule has 1 aromatic heterocycles. The van der Waals surface area contributed by atoms with Crippen LogP contribution in [0.2, 0.25) is 0 Å². The summed E-state index contributed by atoms with van der Waals surface area (Å²) in [5.74, 6) is 1.74. The van der Waals surface area contributed by atoms with Crippen LogP contribution in [0.5, 0.6) is 17.2 Å². The van der Waals surface area contributed by atoms with E-state index in [1.807, 2.05) is 24.3 Å². The zero-order valence-corrected chi connectivity index (χ0v) is 17.8. The van der Waals surface area contributed by atoms with Crippen molar-refractivity contribution >= 4 is 11.6 Å². The second kappa shape index (κ2) is 10.3. The van der Waals surface area contributed by atoms with E-state index in [1.165, 1.54) is 10.7 Å². The quantitative estimate of drug-likeness (QED) is 0.568. The number of ether oxygens (including phenoxy) is 3. The van der Waals surface area contributed by atoms with Crippen LogP contribution in [0.25, 0.3) is 11.3 Å². The van der Waals surface area contributed by atoms with Gasteiger partial charge in [-0.2, -0.15) is 5.10 Å². The van der Waals surface area contributed by atoms with Crippen molar-refractivity contribution in [3.8, 4) is 28.5 Å². The number of nitrogens with zero attached hydrogens (tertiary/aromatic N) is 2. The number of carbonyl (C=O) groups is 1. The minimum Gasteiger partial charge on any atom is -0.497 e. The monoisotopic (exact) mass is 423 g/mol. The van der Waals surface area contributed by atoms with Crippen molar-refractivity contribution in [2.75, 3.05) is 26.6 Å². The standard InChI is InChI=1S/C23H25N3O5/c1-29-18-8-6-16(7-9-18)21-10-11-23(28)26(25-21)12-4-5-22(27)24-17-13-19(30-2)15-20(14-17)31-3/h6-11,13-15H,4-5,12H2,1-3H3,(H,24,27). The van der Waals surface area contributed by atoms with Gasteiger partial charge >= 0.3 is 0 Å². The van der Waals surface area contributed by atoms with E-state index in [0.29, 0.717) is 35.8 Å². The molecule has 0 atom stereocenters. The van der Waals surface area contributed by atoms with Gasteiger partial charge in [-0.05, 0) is 36.8 Å². The molecule has 31 heavy (non-hydrogen) atoms. The fourth-order valence-electron chi connectivity index (χ4n) is 3.02. The molecule has 0 bridgehead atoms. The number of hydrogen-bond donors (Lipinski definition) is 1. The maximum Gasteiger partial charge on any atom is 0.266 e. The Labute approximate surface area is 180 Å². The summed E-state index contributed by atoms with van der Waals surface area (Å²) >= 11 is 0. The summed E-state index contributed by atoms with van der Waals surface area (Å²) in [5.41, 5.74) is 1.92. The summed E-state index contributed by atoms with van der Waals surface area (Å²) in [4.78, 5) is 24.5. The molecule has 1 N–H and O–H groups in total. The normalized spacial score (nSPS) is 10.4. The van der Waals surface area contributed by atoms with Crippen LogP contribution in [0.4, 0.5) is 5.69 Å². The number of hydrogen-bond acceptors (Lipinski definition) is 6. The van der Waals surface area contributed by atoms with E-state index in [-0.39, 0.29) is 17.9 Å². The van der Waals surface area contributed by atoms with Crippen molar-refractivity contribution in [2.24, 2.45) is 0 Å². The number of aryl methyl sites for hydroxylation is 1. The summed E-state index contributed by atoms with van der Waals surface area (Å²) in [5, 5.41) is 7.24. The SMILES string of the molecule is COc1ccc(-c2ccc(=O)n(CCCC(=O)Nc3cc(OC)cc(OC)c3)n2)cc1. The van der Waals surface area contributed by atoms with Crippen molar-refractivity contribution in [3.63, 3.8) is 0 Å². The summed E-state index contributed by atoms with van der Waals surface area (Å²) in [6.45, 7) is 0.331.